The van der Waals surface area contributed by atoms with Crippen LogP contribution in [0.4, 0.5) is 0 Å². The summed E-state index contributed by atoms with van der Waals surface area (Å²) in [4.78, 5) is 22.0. The first kappa shape index (κ1) is 14.1. The van der Waals surface area contributed by atoms with E-state index in [4.69, 9.17) is 4.74 Å². The third-order valence-electron chi connectivity index (χ3n) is 2.21. The highest BCUT2D eigenvalue weighted by molar-refractivity contribution is 5.95. The van der Waals surface area contributed by atoms with Crippen molar-refractivity contribution in [1.82, 2.24) is 0 Å². The molecule has 1 aromatic carbocycles. The van der Waals surface area contributed by atoms with Crippen molar-refractivity contribution >= 4 is 11.8 Å². The van der Waals surface area contributed by atoms with Gasteiger partial charge in [0.05, 0.1) is 20.3 Å². The maximum absolute atomic E-state index is 11.3. The van der Waals surface area contributed by atoms with Crippen molar-refractivity contribution < 1.29 is 19.1 Å². The molecule has 0 unspecified atom stereocenters. The van der Waals surface area contributed by atoms with E-state index in [2.05, 4.69) is 4.74 Å². The van der Waals surface area contributed by atoms with Crippen LogP contribution in [0, 0.1) is 0 Å². The van der Waals surface area contributed by atoms with Gasteiger partial charge in [0.15, 0.2) is 5.78 Å². The molecule has 0 aliphatic heterocycles. The van der Waals surface area contributed by atoms with E-state index in [0.29, 0.717) is 13.2 Å². The van der Waals surface area contributed by atoms with E-state index in [1.807, 2.05) is 30.3 Å². The summed E-state index contributed by atoms with van der Waals surface area (Å²) < 4.78 is 9.73. The molecule has 18 heavy (non-hydrogen) atoms. The average molecular weight is 248 g/mol. The minimum absolute atomic E-state index is 0.159. The molecule has 0 saturated carbocycles. The minimum atomic E-state index is -0.534. The average Bonchev–Trinajstić information content (AvgIpc) is 2.42. The smallest absolute Gasteiger partial charge is 0.330 e. The van der Waals surface area contributed by atoms with Crippen molar-refractivity contribution in [2.24, 2.45) is 0 Å². The molecule has 0 amide bonds. The summed E-state index contributed by atoms with van der Waals surface area (Å²) in [6, 6.07) is 9.72. The van der Waals surface area contributed by atoms with Gasteiger partial charge in [0, 0.05) is 12.5 Å². The summed E-state index contributed by atoms with van der Waals surface area (Å²) in [6.45, 7) is 0.814. The number of methoxy groups -OCH3 is 1. The molecule has 1 aromatic rings. The standard InChI is InChI=1S/C14H16O4/c1-17-14(16)8-7-13(15)9-10-18-11-12-5-3-2-4-6-12/h2-8H,9-11H2,1H3/b8-7+. The van der Waals surface area contributed by atoms with Crippen molar-refractivity contribution in [1.29, 1.82) is 0 Å². The molecule has 4 nitrogen and oxygen atoms in total. The highest BCUT2D eigenvalue weighted by Crippen LogP contribution is 2.01. The first-order chi connectivity index (χ1) is 8.72. The number of rotatable bonds is 7. The van der Waals surface area contributed by atoms with Crippen LogP contribution in [0.2, 0.25) is 0 Å². The van der Waals surface area contributed by atoms with Gasteiger partial charge in [-0.25, -0.2) is 4.79 Å². The van der Waals surface area contributed by atoms with Crippen LogP contribution in [-0.2, 0) is 25.7 Å². The van der Waals surface area contributed by atoms with Crippen LogP contribution < -0.4 is 0 Å². The third-order valence-corrected chi connectivity index (χ3v) is 2.21. The van der Waals surface area contributed by atoms with Crippen molar-refractivity contribution in [3.8, 4) is 0 Å². The Kier molecular flexibility index (Phi) is 6.43. The highest BCUT2D eigenvalue weighted by Gasteiger charge is 1.99. The zero-order valence-corrected chi connectivity index (χ0v) is 10.3. The van der Waals surface area contributed by atoms with Gasteiger partial charge >= 0.3 is 5.97 Å². The number of ether oxygens (including phenoxy) is 2. The van der Waals surface area contributed by atoms with Crippen molar-refractivity contribution in [3.63, 3.8) is 0 Å². The van der Waals surface area contributed by atoms with Gasteiger partial charge in [-0.3, -0.25) is 4.79 Å². The largest absolute Gasteiger partial charge is 0.466 e. The topological polar surface area (TPSA) is 52.6 Å². The normalized spacial score (nSPS) is 10.5. The van der Waals surface area contributed by atoms with Crippen LogP contribution in [0.15, 0.2) is 42.5 Å². The van der Waals surface area contributed by atoms with Crippen molar-refractivity contribution in [2.45, 2.75) is 13.0 Å². The van der Waals surface area contributed by atoms with Crippen LogP contribution in [0.5, 0.6) is 0 Å². The second kappa shape index (κ2) is 8.20. The Morgan fingerprint density at radius 3 is 2.56 bits per heavy atom. The highest BCUT2D eigenvalue weighted by atomic mass is 16.5. The number of carbonyl (C=O) groups excluding carboxylic acids is 2. The van der Waals surface area contributed by atoms with Crippen LogP contribution in [0.3, 0.4) is 0 Å². The molecule has 0 saturated heterocycles. The molecule has 0 aliphatic rings. The number of hydrogen-bond acceptors (Lipinski definition) is 4. The second-order valence-electron chi connectivity index (χ2n) is 3.61. The van der Waals surface area contributed by atoms with Crippen LogP contribution in [0.25, 0.3) is 0 Å². The molecule has 0 bridgehead atoms. The molecule has 0 aromatic heterocycles. The Bertz CT molecular complexity index is 409. The van der Waals surface area contributed by atoms with E-state index < -0.39 is 5.97 Å². The maximum atomic E-state index is 11.3. The first-order valence-electron chi connectivity index (χ1n) is 5.63. The van der Waals surface area contributed by atoms with E-state index in [1.165, 1.54) is 13.2 Å². The van der Waals surface area contributed by atoms with Gasteiger partial charge < -0.3 is 9.47 Å². The molecular formula is C14H16O4. The summed E-state index contributed by atoms with van der Waals surface area (Å²) in [7, 11) is 1.26. The van der Waals surface area contributed by atoms with Crippen LogP contribution in [-0.4, -0.2) is 25.5 Å². The lowest BCUT2D eigenvalue weighted by molar-refractivity contribution is -0.135. The van der Waals surface area contributed by atoms with E-state index in [0.717, 1.165) is 11.6 Å². The van der Waals surface area contributed by atoms with Gasteiger partial charge in [-0.2, -0.15) is 0 Å². The van der Waals surface area contributed by atoms with E-state index >= 15 is 0 Å². The summed E-state index contributed by atoms with van der Waals surface area (Å²) in [5, 5.41) is 0. The van der Waals surface area contributed by atoms with Crippen molar-refractivity contribution in [2.75, 3.05) is 13.7 Å². The van der Waals surface area contributed by atoms with Gasteiger partial charge in [0.25, 0.3) is 0 Å². The Hall–Kier alpha value is -1.94. The molecule has 0 atom stereocenters. The van der Waals surface area contributed by atoms with Gasteiger partial charge in [0.2, 0.25) is 0 Å². The van der Waals surface area contributed by atoms with E-state index in [1.54, 1.807) is 0 Å². The van der Waals surface area contributed by atoms with Crippen molar-refractivity contribution in [3.05, 3.63) is 48.0 Å². The second-order valence-corrected chi connectivity index (χ2v) is 3.61. The molecule has 0 radical (unpaired) electrons. The number of benzene rings is 1. The van der Waals surface area contributed by atoms with Crippen LogP contribution in [0.1, 0.15) is 12.0 Å². The first-order valence-corrected chi connectivity index (χ1v) is 5.63. The number of ketones is 1. The molecule has 0 spiro atoms. The fourth-order valence-corrected chi connectivity index (χ4v) is 1.25. The molecule has 4 heteroatoms. The third kappa shape index (κ3) is 5.96. The van der Waals surface area contributed by atoms with E-state index in [9.17, 15) is 9.59 Å². The molecular weight excluding hydrogens is 232 g/mol. The van der Waals surface area contributed by atoms with Gasteiger partial charge in [0.1, 0.15) is 0 Å². The zero-order valence-electron chi connectivity index (χ0n) is 10.3. The SMILES string of the molecule is COC(=O)/C=C/C(=O)CCOCc1ccccc1. The Morgan fingerprint density at radius 1 is 1.17 bits per heavy atom. The predicted octanol–water partition coefficient (Wildman–Crippen LogP) is 1.89. The lowest BCUT2D eigenvalue weighted by Crippen LogP contribution is -2.03. The molecule has 96 valence electrons. The molecule has 0 aliphatic carbocycles. The lowest BCUT2D eigenvalue weighted by Gasteiger charge is -2.02. The predicted molar refractivity (Wildman–Crippen MR) is 66.9 cm³/mol. The Labute approximate surface area is 106 Å². The Morgan fingerprint density at radius 2 is 1.89 bits per heavy atom. The molecule has 0 N–H and O–H groups in total. The molecule has 0 fully saturated rings. The van der Waals surface area contributed by atoms with Crippen LogP contribution >= 0.6 is 0 Å². The summed E-state index contributed by atoms with van der Waals surface area (Å²) in [5.41, 5.74) is 1.06. The Balaban J connectivity index is 2.16. The molecule has 1 rings (SSSR count). The number of hydrogen-bond donors (Lipinski definition) is 0. The summed E-state index contributed by atoms with van der Waals surface area (Å²) in [6.07, 6.45) is 2.57. The summed E-state index contributed by atoms with van der Waals surface area (Å²) >= 11 is 0. The van der Waals surface area contributed by atoms with Gasteiger partial charge in [-0.05, 0) is 11.6 Å². The van der Waals surface area contributed by atoms with Gasteiger partial charge in [-0.15, -0.1) is 0 Å². The fourth-order valence-electron chi connectivity index (χ4n) is 1.25. The number of carbonyl (C=O) groups is 2. The lowest BCUT2D eigenvalue weighted by atomic mass is 10.2. The summed E-state index contributed by atoms with van der Waals surface area (Å²) in [5.74, 6) is -0.693. The number of allylic oxidation sites excluding steroid dienone is 1. The maximum Gasteiger partial charge on any atom is 0.330 e. The fraction of sp³-hybridized carbons (Fsp3) is 0.286. The monoisotopic (exact) mass is 248 g/mol. The molecule has 0 heterocycles. The zero-order chi connectivity index (χ0) is 13.2. The number of esters is 1. The van der Waals surface area contributed by atoms with E-state index in [-0.39, 0.29) is 12.2 Å². The van der Waals surface area contributed by atoms with Gasteiger partial charge in [-0.1, -0.05) is 30.3 Å². The quantitative estimate of drug-likeness (QED) is 0.420. The minimum Gasteiger partial charge on any atom is -0.466 e.